The van der Waals surface area contributed by atoms with Gasteiger partial charge in [-0.1, -0.05) is 178 Å². The molecule has 0 radical (unpaired) electrons. The first kappa shape index (κ1) is 52.4. The molecule has 10 aromatic rings. The zero-order valence-electron chi connectivity index (χ0n) is 46.6. The summed E-state index contributed by atoms with van der Waals surface area (Å²) in [6.07, 6.45) is 21.3. The van der Waals surface area contributed by atoms with Gasteiger partial charge >= 0.3 is 0 Å². The summed E-state index contributed by atoms with van der Waals surface area (Å²) in [6, 6.07) is 52.8. The largest absolute Gasteiger partial charge is 0.337 e. The normalized spacial score (nSPS) is 12.8. The number of aryl methyl sites for hydroxylation is 6. The van der Waals surface area contributed by atoms with E-state index in [2.05, 4.69) is 267 Å². The van der Waals surface area contributed by atoms with Crippen molar-refractivity contribution in [1.82, 2.24) is 0 Å². The SMILES string of the molecule is C=C/C=C\C(C)=C/CN(c1ccc(C)c(C)c1)c1ccc2c3c(-c4ccccc4)c4cc5/c(=C(\C=C/C)N(c6ccc(C)c(C)c6)c6ccc(C)c(C)c6)cccc5c4c(C(/C=C\C)=C/C=C)c3c3cccc1c23.CC. The van der Waals surface area contributed by atoms with Gasteiger partial charge in [0.25, 0.3) is 0 Å². The molecule has 0 saturated carbocycles. The Kier molecular flexibility index (Phi) is 15.6. The third kappa shape index (κ3) is 9.50. The van der Waals surface area contributed by atoms with E-state index in [0.717, 1.165) is 22.6 Å². The van der Waals surface area contributed by atoms with Crippen molar-refractivity contribution in [1.29, 1.82) is 0 Å². The Labute approximate surface area is 452 Å². The predicted octanol–water partition coefficient (Wildman–Crippen LogP) is 20.6. The zero-order valence-corrected chi connectivity index (χ0v) is 46.6. The topological polar surface area (TPSA) is 6.48 Å². The highest BCUT2D eigenvalue weighted by molar-refractivity contribution is 6.41. The molecule has 0 aromatic heterocycles. The van der Waals surface area contributed by atoms with Gasteiger partial charge in [-0.05, 0) is 221 Å². The standard InChI is InChI=1S/C72H66N2.C2H6/c1-12-16-25-46(5)40-41-73(55-35-32-47(6)50(9)42-55)65-39-38-62-69-60(65)30-21-31-61(69)72-68(53(22-13-2)23-14-3)70-59-29-20-28-58(63(59)45-64(70)67(71(62)72)54-26-18-17-19-27-54)66(24-15-4)74(56-36-33-48(7)51(10)43-56)57-37-34-49(8)52(11)44-57;1-2/h12-40,42-45H,1-2,41H2,3-11H3;1-2H3/b23-14-,24-15-,25-16-,46-40-,53-22+,66-58+;. The van der Waals surface area contributed by atoms with Crippen LogP contribution in [0.1, 0.15) is 73.6 Å². The minimum atomic E-state index is 0.703. The Bertz CT molecular complexity index is 4010. The summed E-state index contributed by atoms with van der Waals surface area (Å²) in [5.74, 6) is 0. The maximum absolute atomic E-state index is 4.30. The number of hydrogen-bond acceptors (Lipinski definition) is 2. The smallest absolute Gasteiger partial charge is 0.0536 e. The van der Waals surface area contributed by atoms with E-state index >= 15 is 0 Å². The predicted molar refractivity (Wildman–Crippen MR) is 338 cm³/mol. The van der Waals surface area contributed by atoms with Crippen LogP contribution >= 0.6 is 0 Å². The number of allylic oxidation sites excluding steroid dienone is 10. The highest BCUT2D eigenvalue weighted by atomic mass is 15.1. The number of benzene rings is 8. The molecule has 0 fully saturated rings. The van der Waals surface area contributed by atoms with Crippen LogP contribution in [0.3, 0.4) is 0 Å². The van der Waals surface area contributed by atoms with E-state index < -0.39 is 0 Å². The van der Waals surface area contributed by atoms with Gasteiger partial charge in [-0.2, -0.15) is 0 Å². The van der Waals surface area contributed by atoms with Gasteiger partial charge in [0, 0.05) is 39.9 Å². The molecule has 0 bridgehead atoms. The molecule has 0 N–H and O–H groups in total. The summed E-state index contributed by atoms with van der Waals surface area (Å²) < 4.78 is 0. The van der Waals surface area contributed by atoms with Gasteiger partial charge in [0.1, 0.15) is 0 Å². The molecule has 0 spiro atoms. The van der Waals surface area contributed by atoms with Crippen LogP contribution in [0.5, 0.6) is 0 Å². The van der Waals surface area contributed by atoms with Crippen molar-refractivity contribution >= 4 is 87.9 Å². The lowest BCUT2D eigenvalue weighted by molar-refractivity contribution is 1.09. The maximum Gasteiger partial charge on any atom is 0.0536 e. The molecule has 0 aliphatic heterocycles. The first-order chi connectivity index (χ1) is 37.0. The summed E-state index contributed by atoms with van der Waals surface area (Å²) >= 11 is 0. The van der Waals surface area contributed by atoms with Gasteiger partial charge in [0.05, 0.1) is 5.70 Å². The molecule has 2 heteroatoms. The van der Waals surface area contributed by atoms with Crippen LogP contribution in [0.15, 0.2) is 219 Å². The summed E-state index contributed by atoms with van der Waals surface area (Å²) in [6.45, 7) is 32.5. The maximum atomic E-state index is 4.30. The minimum absolute atomic E-state index is 0.703. The fourth-order valence-electron chi connectivity index (χ4n) is 11.2. The van der Waals surface area contributed by atoms with Gasteiger partial charge in [-0.25, -0.2) is 0 Å². The van der Waals surface area contributed by atoms with E-state index in [1.54, 1.807) is 0 Å². The average Bonchev–Trinajstić information content (AvgIpc) is 3.98. The van der Waals surface area contributed by atoms with Crippen LogP contribution in [-0.2, 0) is 0 Å². The fraction of sp³-hybridized carbons (Fsp3) is 0.162. The Morgan fingerprint density at radius 3 is 1.70 bits per heavy atom. The second kappa shape index (κ2) is 22.6. The van der Waals surface area contributed by atoms with Crippen LogP contribution in [0.2, 0.25) is 0 Å². The molecule has 0 aliphatic rings. The van der Waals surface area contributed by atoms with Gasteiger partial charge in [0.15, 0.2) is 0 Å². The lowest BCUT2D eigenvalue weighted by Gasteiger charge is -2.28. The van der Waals surface area contributed by atoms with Crippen molar-refractivity contribution in [3.8, 4) is 11.1 Å². The minimum Gasteiger partial charge on any atom is -0.337 e. The van der Waals surface area contributed by atoms with Crippen molar-refractivity contribution in [3.63, 3.8) is 0 Å². The molecule has 0 heterocycles. The molecule has 0 unspecified atom stereocenters. The van der Waals surface area contributed by atoms with Crippen molar-refractivity contribution in [2.24, 2.45) is 0 Å². The Balaban J connectivity index is 0.00000349. The molecule has 0 amide bonds. The summed E-state index contributed by atoms with van der Waals surface area (Å²) in [7, 11) is 0. The highest BCUT2D eigenvalue weighted by Crippen LogP contribution is 2.53. The first-order valence-corrected chi connectivity index (χ1v) is 27.0. The molecule has 0 atom stereocenters. The third-order valence-electron chi connectivity index (χ3n) is 15.3. The Morgan fingerprint density at radius 1 is 0.487 bits per heavy atom. The second-order valence-corrected chi connectivity index (χ2v) is 20.0. The number of rotatable bonds is 14. The molecular weight excluding hydrogens is 917 g/mol. The summed E-state index contributed by atoms with van der Waals surface area (Å²) in [5.41, 5.74) is 19.3. The second-order valence-electron chi connectivity index (χ2n) is 20.0. The third-order valence-corrected chi connectivity index (χ3v) is 15.3. The van der Waals surface area contributed by atoms with E-state index in [9.17, 15) is 0 Å². The van der Waals surface area contributed by atoms with Crippen LogP contribution in [0.25, 0.3) is 76.3 Å². The highest BCUT2D eigenvalue weighted by Gasteiger charge is 2.28. The molecule has 10 aromatic carbocycles. The Hall–Kier alpha value is -8.46. The first-order valence-electron chi connectivity index (χ1n) is 27.0. The van der Waals surface area contributed by atoms with Crippen LogP contribution < -0.4 is 15.0 Å². The number of fused-ring (bicyclic) bond motifs is 6. The monoisotopic (exact) mass is 989 g/mol. The van der Waals surface area contributed by atoms with E-state index in [1.807, 2.05) is 32.1 Å². The summed E-state index contributed by atoms with van der Waals surface area (Å²) in [5, 5.41) is 13.6. The zero-order chi connectivity index (χ0) is 53.8. The number of anilines is 4. The van der Waals surface area contributed by atoms with Crippen LogP contribution in [0, 0.1) is 41.5 Å². The van der Waals surface area contributed by atoms with Crippen LogP contribution in [0.4, 0.5) is 22.7 Å². The van der Waals surface area contributed by atoms with Crippen LogP contribution in [-0.4, -0.2) is 6.54 Å². The Morgan fingerprint density at radius 2 is 1.08 bits per heavy atom. The van der Waals surface area contributed by atoms with E-state index in [1.165, 1.54) is 126 Å². The van der Waals surface area contributed by atoms with Crippen molar-refractivity contribution in [2.45, 2.75) is 76.2 Å². The molecule has 76 heavy (non-hydrogen) atoms. The molecule has 0 saturated heterocycles. The van der Waals surface area contributed by atoms with E-state index in [0.29, 0.717) is 6.54 Å². The number of nitrogens with zero attached hydrogens (tertiary/aromatic N) is 2. The van der Waals surface area contributed by atoms with Crippen molar-refractivity contribution in [2.75, 3.05) is 16.3 Å². The van der Waals surface area contributed by atoms with Gasteiger partial charge in [-0.3, -0.25) is 0 Å². The fourth-order valence-corrected chi connectivity index (χ4v) is 11.2. The average molecular weight is 989 g/mol. The number of hydrogen-bond donors (Lipinski definition) is 0. The van der Waals surface area contributed by atoms with Gasteiger partial charge < -0.3 is 9.80 Å². The summed E-state index contributed by atoms with van der Waals surface area (Å²) in [4.78, 5) is 4.94. The van der Waals surface area contributed by atoms with E-state index in [4.69, 9.17) is 0 Å². The molecule has 2 nitrogen and oxygen atoms in total. The lowest BCUT2D eigenvalue weighted by Crippen LogP contribution is -2.22. The quantitative estimate of drug-likeness (QED) is 0.100. The lowest BCUT2D eigenvalue weighted by atomic mass is 9.87. The molecule has 0 aliphatic carbocycles. The molecular formula is C74H72N2. The van der Waals surface area contributed by atoms with Gasteiger partial charge in [-0.15, -0.1) is 0 Å². The van der Waals surface area contributed by atoms with Gasteiger partial charge in [0.2, 0.25) is 0 Å². The molecule has 378 valence electrons. The van der Waals surface area contributed by atoms with Crippen molar-refractivity contribution < 1.29 is 0 Å². The van der Waals surface area contributed by atoms with Crippen molar-refractivity contribution in [3.05, 3.63) is 263 Å². The van der Waals surface area contributed by atoms with E-state index in [-0.39, 0.29) is 0 Å². The molecule has 10 rings (SSSR count).